The predicted molar refractivity (Wildman–Crippen MR) is 72.0 cm³/mol. The molecule has 0 radical (unpaired) electrons. The molecular weight excluding hydrogens is 299 g/mol. The molecule has 0 atom stereocenters. The van der Waals surface area contributed by atoms with E-state index in [-0.39, 0.29) is 51.4 Å². The van der Waals surface area contributed by atoms with Gasteiger partial charge in [0.25, 0.3) is 6.17 Å². The van der Waals surface area contributed by atoms with E-state index in [2.05, 4.69) is 0 Å². The Kier molecular flexibility index (Phi) is 6.99. The molecular formula is C14H11KN2O4. The number of nitro groups is 2. The fourth-order valence-corrected chi connectivity index (χ4v) is 2.06. The van der Waals surface area contributed by atoms with E-state index in [1.165, 1.54) is 0 Å². The van der Waals surface area contributed by atoms with Crippen molar-refractivity contribution in [1.29, 1.82) is 0 Å². The molecule has 2 rings (SSSR count). The van der Waals surface area contributed by atoms with Gasteiger partial charge in [0, 0.05) is 5.92 Å². The molecule has 0 N–H and O–H groups in total. The first kappa shape index (κ1) is 17.8. The van der Waals surface area contributed by atoms with Crippen LogP contribution in [0.3, 0.4) is 0 Å². The van der Waals surface area contributed by atoms with E-state index < -0.39 is 21.9 Å². The summed E-state index contributed by atoms with van der Waals surface area (Å²) in [4.78, 5) is 20.3. The van der Waals surface area contributed by atoms with Crippen molar-refractivity contribution in [2.24, 2.45) is 0 Å². The second kappa shape index (κ2) is 8.25. The maximum Gasteiger partial charge on any atom is 1.00 e. The minimum Gasteiger partial charge on any atom is -0.289 e. The van der Waals surface area contributed by atoms with Gasteiger partial charge in [-0.1, -0.05) is 71.8 Å². The second-order valence-electron chi connectivity index (χ2n) is 4.13. The van der Waals surface area contributed by atoms with Crippen LogP contribution >= 0.6 is 0 Å². The molecule has 0 heterocycles. The number of nitrogens with zero attached hydrogens (tertiary/aromatic N) is 2. The van der Waals surface area contributed by atoms with E-state index in [1.54, 1.807) is 60.7 Å². The Morgan fingerprint density at radius 3 is 1.38 bits per heavy atom. The first-order valence-corrected chi connectivity index (χ1v) is 5.86. The average molecular weight is 310 g/mol. The van der Waals surface area contributed by atoms with Crippen molar-refractivity contribution in [1.82, 2.24) is 0 Å². The molecule has 0 amide bonds. The van der Waals surface area contributed by atoms with Crippen LogP contribution in [0.25, 0.3) is 0 Å². The van der Waals surface area contributed by atoms with E-state index in [0.717, 1.165) is 0 Å². The van der Waals surface area contributed by atoms with Crippen molar-refractivity contribution >= 4 is 0 Å². The average Bonchev–Trinajstić information content (AvgIpc) is 2.45. The molecule has 0 aromatic heterocycles. The molecule has 0 aliphatic heterocycles. The maximum absolute atomic E-state index is 11.1. The summed E-state index contributed by atoms with van der Waals surface area (Å²) in [6, 6.07) is 16.9. The van der Waals surface area contributed by atoms with Crippen molar-refractivity contribution in [3.63, 3.8) is 0 Å². The summed E-state index contributed by atoms with van der Waals surface area (Å²) >= 11 is 0. The number of rotatable bonds is 5. The van der Waals surface area contributed by atoms with Gasteiger partial charge in [0.2, 0.25) is 0 Å². The molecule has 7 heteroatoms. The maximum atomic E-state index is 11.1. The molecule has 0 bridgehead atoms. The van der Waals surface area contributed by atoms with Gasteiger partial charge in [-0.2, -0.15) is 0 Å². The van der Waals surface area contributed by atoms with Gasteiger partial charge >= 0.3 is 51.4 Å². The molecule has 0 unspecified atom stereocenters. The van der Waals surface area contributed by atoms with Crippen LogP contribution in [0.4, 0.5) is 0 Å². The quantitative estimate of drug-likeness (QED) is 0.333. The summed E-state index contributed by atoms with van der Waals surface area (Å²) in [5.74, 6) is -0.998. The molecule has 6 nitrogen and oxygen atoms in total. The number of hydrogen-bond donors (Lipinski definition) is 0. The fourth-order valence-electron chi connectivity index (χ4n) is 2.06. The minimum absolute atomic E-state index is 0. The molecule has 0 saturated heterocycles. The minimum atomic E-state index is -0.998. The van der Waals surface area contributed by atoms with Gasteiger partial charge in [0.15, 0.2) is 0 Å². The molecule has 21 heavy (non-hydrogen) atoms. The summed E-state index contributed by atoms with van der Waals surface area (Å²) in [5, 5.41) is 22.1. The van der Waals surface area contributed by atoms with E-state index in [1.807, 2.05) is 0 Å². The van der Waals surface area contributed by atoms with Gasteiger partial charge in [-0.3, -0.25) is 20.2 Å². The van der Waals surface area contributed by atoms with Crippen LogP contribution in [0, 0.1) is 26.4 Å². The molecule has 0 fully saturated rings. The normalized spacial score (nSPS) is 9.76. The third-order valence-corrected chi connectivity index (χ3v) is 2.90. The summed E-state index contributed by atoms with van der Waals surface area (Å²) in [5.41, 5.74) is 1.03. The first-order valence-electron chi connectivity index (χ1n) is 5.86. The number of hydrogen-bond acceptors (Lipinski definition) is 4. The summed E-state index contributed by atoms with van der Waals surface area (Å²) in [6.45, 7) is 0. The Bertz CT molecular complexity index is 553. The van der Waals surface area contributed by atoms with Gasteiger partial charge in [-0.05, 0) is 9.85 Å². The van der Waals surface area contributed by atoms with Gasteiger partial charge in [0.1, 0.15) is 0 Å². The third-order valence-electron chi connectivity index (χ3n) is 2.90. The zero-order valence-corrected chi connectivity index (χ0v) is 14.5. The topological polar surface area (TPSA) is 86.3 Å². The molecule has 0 aliphatic carbocycles. The van der Waals surface area contributed by atoms with Crippen molar-refractivity contribution in [2.75, 3.05) is 0 Å². The standard InChI is InChI=1S/C14H11N2O4.K/c17-15(18)14(16(19)20)13(11-7-3-1-4-8-11)12-9-5-2-6-10-12;/h1-10,13H;/q-1;+1. The van der Waals surface area contributed by atoms with E-state index in [9.17, 15) is 20.2 Å². The Balaban J connectivity index is 0.00000220. The van der Waals surface area contributed by atoms with Crippen molar-refractivity contribution < 1.29 is 61.2 Å². The Morgan fingerprint density at radius 1 is 0.762 bits per heavy atom. The zero-order chi connectivity index (χ0) is 14.5. The monoisotopic (exact) mass is 310 g/mol. The Morgan fingerprint density at radius 2 is 1.10 bits per heavy atom. The zero-order valence-electron chi connectivity index (χ0n) is 11.4. The molecule has 0 spiro atoms. The van der Waals surface area contributed by atoms with Crippen molar-refractivity contribution in [3.05, 3.63) is 98.2 Å². The smallest absolute Gasteiger partial charge is 0.289 e. The van der Waals surface area contributed by atoms with Gasteiger partial charge < -0.3 is 0 Å². The van der Waals surface area contributed by atoms with Crippen LogP contribution < -0.4 is 51.4 Å². The van der Waals surface area contributed by atoms with Gasteiger partial charge in [0.05, 0.1) is 0 Å². The van der Waals surface area contributed by atoms with Crippen LogP contribution in [-0.2, 0) is 0 Å². The molecule has 2 aromatic carbocycles. The fraction of sp³-hybridized carbons (Fsp3) is 0.0714. The number of benzene rings is 2. The van der Waals surface area contributed by atoms with E-state index in [0.29, 0.717) is 11.1 Å². The van der Waals surface area contributed by atoms with Gasteiger partial charge in [-0.25, -0.2) is 0 Å². The summed E-state index contributed by atoms with van der Waals surface area (Å²) in [7, 11) is 0. The van der Waals surface area contributed by atoms with Crippen LogP contribution in [0.15, 0.2) is 60.7 Å². The van der Waals surface area contributed by atoms with Crippen LogP contribution in [-0.4, -0.2) is 9.85 Å². The molecule has 0 saturated carbocycles. The third kappa shape index (κ3) is 4.35. The Hall–Kier alpha value is -1.25. The predicted octanol–water partition coefficient (Wildman–Crippen LogP) is -0.135. The largest absolute Gasteiger partial charge is 1.00 e. The summed E-state index contributed by atoms with van der Waals surface area (Å²) in [6.07, 6.45) is -0.942. The van der Waals surface area contributed by atoms with Crippen molar-refractivity contribution in [3.8, 4) is 0 Å². The summed E-state index contributed by atoms with van der Waals surface area (Å²) < 4.78 is 0. The SMILES string of the molecule is O=[N+]([O-])[C-](C(c1ccccc1)c1ccccc1)[N+](=O)[O-].[K+]. The van der Waals surface area contributed by atoms with Crippen LogP contribution in [0.5, 0.6) is 0 Å². The van der Waals surface area contributed by atoms with E-state index in [4.69, 9.17) is 0 Å². The second-order valence-corrected chi connectivity index (χ2v) is 4.13. The van der Waals surface area contributed by atoms with Crippen LogP contribution in [0.1, 0.15) is 17.0 Å². The first-order chi connectivity index (χ1) is 9.61. The van der Waals surface area contributed by atoms with E-state index >= 15 is 0 Å². The molecule has 2 aromatic rings. The Labute approximate surface area is 163 Å². The van der Waals surface area contributed by atoms with Crippen LogP contribution in [0.2, 0.25) is 0 Å². The molecule has 0 aliphatic rings. The van der Waals surface area contributed by atoms with Gasteiger partial charge in [-0.15, -0.1) is 0 Å². The molecule has 102 valence electrons. The van der Waals surface area contributed by atoms with Crippen molar-refractivity contribution in [2.45, 2.75) is 5.92 Å².